The first kappa shape index (κ1) is 28.9. The predicted octanol–water partition coefficient (Wildman–Crippen LogP) is 4.17. The lowest BCUT2D eigenvalue weighted by molar-refractivity contribution is -0.137. The molecule has 0 aliphatic carbocycles. The Morgan fingerprint density at radius 3 is 2.76 bits per heavy atom. The number of aromatic nitrogens is 2. The van der Waals surface area contributed by atoms with Crippen molar-refractivity contribution in [3.8, 4) is 5.75 Å². The van der Waals surface area contributed by atoms with Gasteiger partial charge in [0, 0.05) is 43.3 Å². The topological polar surface area (TPSA) is 109 Å². The molecule has 2 saturated heterocycles. The van der Waals surface area contributed by atoms with Crippen LogP contribution >= 0.6 is 11.6 Å². The van der Waals surface area contributed by atoms with Crippen LogP contribution in [-0.2, 0) is 14.3 Å². The van der Waals surface area contributed by atoms with Crippen LogP contribution in [0.4, 0.5) is 26.0 Å². The largest absolute Gasteiger partial charge is 0.491 e. The maximum absolute atomic E-state index is 13.7. The SMILES string of the molecule is O=C(Nc1cc2c(Nc3ccc(F)c(Cl)c3)ncnc2cc1OCCCN1CCOCC1)[C@H]1CCCN1C(=O)CF. The van der Waals surface area contributed by atoms with Crippen LogP contribution in [-0.4, -0.2) is 90.3 Å². The number of likely N-dealkylation sites (tertiary alicyclic amines) is 1. The Morgan fingerprint density at radius 1 is 1.15 bits per heavy atom. The summed E-state index contributed by atoms with van der Waals surface area (Å²) < 4.78 is 38.3. The van der Waals surface area contributed by atoms with Gasteiger partial charge in [0.05, 0.1) is 36.0 Å². The summed E-state index contributed by atoms with van der Waals surface area (Å²) in [5.74, 6) is -0.875. The van der Waals surface area contributed by atoms with E-state index in [0.29, 0.717) is 73.1 Å². The van der Waals surface area contributed by atoms with E-state index in [9.17, 15) is 18.4 Å². The molecule has 2 aliphatic rings. The van der Waals surface area contributed by atoms with Crippen LogP contribution < -0.4 is 15.4 Å². The van der Waals surface area contributed by atoms with Crippen molar-refractivity contribution in [3.05, 3.63) is 47.5 Å². The quantitative estimate of drug-likeness (QED) is 0.340. The second-order valence-electron chi connectivity index (χ2n) is 9.87. The molecule has 0 bridgehead atoms. The highest BCUT2D eigenvalue weighted by Gasteiger charge is 2.34. The van der Waals surface area contributed by atoms with Gasteiger partial charge in [-0.25, -0.2) is 18.7 Å². The van der Waals surface area contributed by atoms with Gasteiger partial charge in [0.15, 0.2) is 6.67 Å². The number of fused-ring (bicyclic) bond motifs is 1. The van der Waals surface area contributed by atoms with Crippen LogP contribution in [0.3, 0.4) is 0 Å². The van der Waals surface area contributed by atoms with E-state index < -0.39 is 30.3 Å². The molecule has 2 amide bonds. The van der Waals surface area contributed by atoms with E-state index >= 15 is 0 Å². The molecule has 2 fully saturated rings. The summed E-state index contributed by atoms with van der Waals surface area (Å²) in [6.45, 7) is 3.58. The Hall–Kier alpha value is -3.61. The number of ether oxygens (including phenoxy) is 2. The number of nitrogens with zero attached hydrogens (tertiary/aromatic N) is 4. The minimum absolute atomic E-state index is 0.0435. The van der Waals surface area contributed by atoms with Gasteiger partial charge in [-0.3, -0.25) is 14.5 Å². The molecule has 0 spiro atoms. The summed E-state index contributed by atoms with van der Waals surface area (Å²) in [5.41, 5.74) is 1.42. The van der Waals surface area contributed by atoms with Gasteiger partial charge in [-0.2, -0.15) is 0 Å². The third kappa shape index (κ3) is 7.00. The van der Waals surface area contributed by atoms with E-state index in [1.54, 1.807) is 12.1 Å². The molecule has 41 heavy (non-hydrogen) atoms. The van der Waals surface area contributed by atoms with Crippen molar-refractivity contribution >= 4 is 51.5 Å². The molecular formula is C28H31ClF2N6O4. The minimum Gasteiger partial charge on any atom is -0.491 e. The zero-order valence-electron chi connectivity index (χ0n) is 22.4. The van der Waals surface area contributed by atoms with Crippen LogP contribution in [0, 0.1) is 5.82 Å². The van der Waals surface area contributed by atoms with Crippen LogP contribution in [0.5, 0.6) is 5.75 Å². The molecule has 1 aromatic heterocycles. The minimum atomic E-state index is -1.16. The first-order chi connectivity index (χ1) is 19.9. The number of anilines is 3. The van der Waals surface area contributed by atoms with Crippen LogP contribution in [0.2, 0.25) is 5.02 Å². The van der Waals surface area contributed by atoms with E-state index in [1.807, 2.05) is 0 Å². The van der Waals surface area contributed by atoms with E-state index in [2.05, 4.69) is 25.5 Å². The molecule has 0 unspecified atom stereocenters. The number of morpholine rings is 1. The summed E-state index contributed by atoms with van der Waals surface area (Å²) >= 11 is 5.95. The number of hydrogen-bond acceptors (Lipinski definition) is 8. The van der Waals surface area contributed by atoms with Crippen molar-refractivity contribution in [1.82, 2.24) is 19.8 Å². The van der Waals surface area contributed by atoms with E-state index in [4.69, 9.17) is 21.1 Å². The Balaban J connectivity index is 1.40. The van der Waals surface area contributed by atoms with Gasteiger partial charge < -0.3 is 25.0 Å². The molecule has 2 aliphatic heterocycles. The lowest BCUT2D eigenvalue weighted by Gasteiger charge is -2.26. The molecular weight excluding hydrogens is 558 g/mol. The zero-order chi connectivity index (χ0) is 28.8. The molecule has 218 valence electrons. The fourth-order valence-electron chi connectivity index (χ4n) is 5.04. The molecule has 5 rings (SSSR count). The second kappa shape index (κ2) is 13.4. The number of carbonyl (C=O) groups excluding carboxylic acids is 2. The number of nitrogens with one attached hydrogen (secondary N) is 2. The molecule has 2 N–H and O–H groups in total. The van der Waals surface area contributed by atoms with Crippen molar-refractivity contribution in [2.24, 2.45) is 0 Å². The Kier molecular flexibility index (Phi) is 9.42. The average molecular weight is 589 g/mol. The first-order valence-electron chi connectivity index (χ1n) is 13.5. The summed E-state index contributed by atoms with van der Waals surface area (Å²) in [5, 5.41) is 6.53. The van der Waals surface area contributed by atoms with Gasteiger partial charge in [-0.15, -0.1) is 0 Å². The van der Waals surface area contributed by atoms with E-state index in [0.717, 1.165) is 26.1 Å². The number of benzene rings is 2. The van der Waals surface area contributed by atoms with E-state index in [1.165, 1.54) is 29.4 Å². The normalized spacial score (nSPS) is 17.5. The number of rotatable bonds is 10. The Morgan fingerprint density at radius 2 is 1.98 bits per heavy atom. The van der Waals surface area contributed by atoms with Gasteiger partial charge in [-0.1, -0.05) is 11.6 Å². The second-order valence-corrected chi connectivity index (χ2v) is 10.3. The molecule has 1 atom stereocenters. The summed E-state index contributed by atoms with van der Waals surface area (Å²) in [7, 11) is 0. The molecule has 10 nitrogen and oxygen atoms in total. The number of halogens is 3. The third-order valence-electron chi connectivity index (χ3n) is 7.15. The maximum atomic E-state index is 13.7. The number of hydrogen-bond donors (Lipinski definition) is 2. The van der Waals surface area contributed by atoms with Crippen LogP contribution in [0.25, 0.3) is 10.9 Å². The number of carbonyl (C=O) groups is 2. The van der Waals surface area contributed by atoms with Crippen molar-refractivity contribution in [3.63, 3.8) is 0 Å². The van der Waals surface area contributed by atoms with Gasteiger partial charge >= 0.3 is 0 Å². The van der Waals surface area contributed by atoms with Crippen molar-refractivity contribution < 1.29 is 27.8 Å². The highest BCUT2D eigenvalue weighted by molar-refractivity contribution is 6.31. The van der Waals surface area contributed by atoms with Crippen molar-refractivity contribution in [2.45, 2.75) is 25.3 Å². The summed E-state index contributed by atoms with van der Waals surface area (Å²) in [6, 6.07) is 6.83. The standard InChI is InChI=1S/C28H31ClF2N6O4/c29-20-13-18(4-5-21(20)31)34-27-19-14-23(35-28(39)24-3-1-7-37(24)26(38)16-30)25(15-22(19)32-17-33-27)41-10-2-6-36-8-11-40-12-9-36/h4-5,13-15,17,24H,1-3,6-12,16H2,(H,35,39)(H,32,33,34)/t24-/m1/s1. The molecule has 2 aromatic carbocycles. The number of amides is 2. The molecule has 3 heterocycles. The monoisotopic (exact) mass is 588 g/mol. The van der Waals surface area contributed by atoms with Crippen molar-refractivity contribution in [2.75, 3.05) is 63.3 Å². The zero-order valence-corrected chi connectivity index (χ0v) is 23.1. The fraction of sp³-hybridized carbons (Fsp3) is 0.429. The maximum Gasteiger partial charge on any atom is 0.254 e. The van der Waals surface area contributed by atoms with Gasteiger partial charge in [0.25, 0.3) is 5.91 Å². The molecule has 3 aromatic rings. The highest BCUT2D eigenvalue weighted by atomic mass is 35.5. The summed E-state index contributed by atoms with van der Waals surface area (Å²) in [6.07, 6.45) is 3.18. The van der Waals surface area contributed by atoms with E-state index in [-0.39, 0.29) is 5.02 Å². The summed E-state index contributed by atoms with van der Waals surface area (Å²) in [4.78, 5) is 37.7. The van der Waals surface area contributed by atoms with Gasteiger partial charge in [-0.05, 0) is 43.5 Å². The predicted molar refractivity (Wildman–Crippen MR) is 151 cm³/mol. The van der Waals surface area contributed by atoms with Crippen molar-refractivity contribution in [1.29, 1.82) is 0 Å². The van der Waals surface area contributed by atoms with Crippen LogP contribution in [0.1, 0.15) is 19.3 Å². The fourth-order valence-corrected chi connectivity index (χ4v) is 5.22. The smallest absolute Gasteiger partial charge is 0.254 e. The van der Waals surface area contributed by atoms with Gasteiger partial charge in [0.2, 0.25) is 5.91 Å². The molecule has 0 saturated carbocycles. The molecule has 13 heteroatoms. The lowest BCUT2D eigenvalue weighted by Crippen LogP contribution is -2.43. The Bertz CT molecular complexity index is 1410. The first-order valence-corrected chi connectivity index (χ1v) is 13.9. The van der Waals surface area contributed by atoms with Gasteiger partial charge in [0.1, 0.15) is 29.8 Å². The lowest BCUT2D eigenvalue weighted by atomic mass is 10.1. The number of alkyl halides is 1. The molecule has 0 radical (unpaired) electrons. The van der Waals surface area contributed by atoms with Crippen LogP contribution in [0.15, 0.2) is 36.7 Å². The third-order valence-corrected chi connectivity index (χ3v) is 7.44. The Labute approximate surface area is 241 Å². The highest BCUT2D eigenvalue weighted by Crippen LogP contribution is 2.34. The average Bonchev–Trinajstić information content (AvgIpc) is 3.48.